The lowest BCUT2D eigenvalue weighted by Crippen LogP contribution is -2.12. The Morgan fingerprint density at radius 3 is 2.84 bits per heavy atom. The molecule has 98 valence electrons. The van der Waals surface area contributed by atoms with Crippen LogP contribution in [0, 0.1) is 0 Å². The Hall–Kier alpha value is -1.94. The maximum atomic E-state index is 5.76. The van der Waals surface area contributed by atoms with E-state index in [0.717, 1.165) is 17.7 Å². The van der Waals surface area contributed by atoms with Crippen LogP contribution in [0.25, 0.3) is 0 Å². The van der Waals surface area contributed by atoms with Crippen molar-refractivity contribution in [1.29, 1.82) is 0 Å². The molecule has 3 nitrogen and oxygen atoms in total. The molecule has 0 fully saturated rings. The highest BCUT2D eigenvalue weighted by molar-refractivity contribution is 7.80. The molecule has 2 N–H and O–H groups in total. The Labute approximate surface area is 118 Å². The first-order valence-corrected chi connectivity index (χ1v) is 6.56. The van der Waals surface area contributed by atoms with Crippen LogP contribution in [-0.4, -0.2) is 9.97 Å². The van der Waals surface area contributed by atoms with Crippen LogP contribution in [-0.2, 0) is 13.0 Å². The number of nitrogens with two attached hydrogens (primary N) is 1. The van der Waals surface area contributed by atoms with E-state index in [1.807, 2.05) is 24.3 Å². The highest BCUT2D eigenvalue weighted by atomic mass is 32.1. The molecule has 0 aliphatic rings. The molecule has 0 unspecified atom stereocenters. The van der Waals surface area contributed by atoms with Gasteiger partial charge >= 0.3 is 0 Å². The van der Waals surface area contributed by atoms with Gasteiger partial charge in [-0.1, -0.05) is 31.3 Å². The molecule has 0 radical (unpaired) electrons. The first-order chi connectivity index (χ1) is 9.19. The van der Waals surface area contributed by atoms with Gasteiger partial charge in [0.1, 0.15) is 17.3 Å². The van der Waals surface area contributed by atoms with E-state index in [2.05, 4.69) is 24.0 Å². The van der Waals surface area contributed by atoms with Gasteiger partial charge in [-0.05, 0) is 41.8 Å². The van der Waals surface area contributed by atoms with Crippen LogP contribution >= 0.6 is 12.2 Å². The number of hydrogen-bond donors (Lipinski definition) is 1. The fraction of sp³-hybridized carbons (Fsp3) is 0.200. The van der Waals surface area contributed by atoms with E-state index in [1.54, 1.807) is 6.20 Å². The molecule has 0 saturated carbocycles. The summed E-state index contributed by atoms with van der Waals surface area (Å²) in [5.74, 6) is 0.869. The topological polar surface area (TPSA) is 48.1 Å². The minimum atomic E-state index is 0.301. The molecule has 19 heavy (non-hydrogen) atoms. The first kappa shape index (κ1) is 13.5. The van der Waals surface area contributed by atoms with Gasteiger partial charge in [0, 0.05) is 6.20 Å². The van der Waals surface area contributed by atoms with Crippen molar-refractivity contribution in [2.75, 3.05) is 0 Å². The average Bonchev–Trinajstić information content (AvgIpc) is 2.45. The maximum absolute atomic E-state index is 5.76. The van der Waals surface area contributed by atoms with E-state index in [1.165, 1.54) is 5.56 Å². The molecule has 2 rings (SSSR count). The van der Waals surface area contributed by atoms with Crippen LogP contribution < -0.4 is 10.5 Å². The molecule has 1 aromatic carbocycles. The number of aromatic nitrogens is 1. The van der Waals surface area contributed by atoms with Crippen molar-refractivity contribution in [3.8, 4) is 5.75 Å². The largest absolute Gasteiger partial charge is 0.489 e. The molecule has 0 amide bonds. The molecule has 0 bridgehead atoms. The number of rotatable bonds is 5. The zero-order chi connectivity index (χ0) is 13.7. The van der Waals surface area contributed by atoms with Gasteiger partial charge < -0.3 is 10.5 Å². The van der Waals surface area contributed by atoms with E-state index >= 15 is 0 Å². The second kappa shape index (κ2) is 6.29. The number of nitrogens with zero attached hydrogens (tertiary/aromatic N) is 1. The molecule has 1 heterocycles. The molecule has 1 aromatic heterocycles. The highest BCUT2D eigenvalue weighted by Crippen LogP contribution is 2.15. The minimum absolute atomic E-state index is 0.301. The van der Waals surface area contributed by atoms with Crippen LogP contribution in [0.15, 0.2) is 42.6 Å². The summed E-state index contributed by atoms with van der Waals surface area (Å²) in [6.45, 7) is 2.60. The van der Waals surface area contributed by atoms with Crippen molar-refractivity contribution >= 4 is 17.2 Å². The second-order valence-corrected chi connectivity index (χ2v) is 4.64. The number of thiocarbonyl (C=S) groups is 1. The highest BCUT2D eigenvalue weighted by Gasteiger charge is 2.01. The normalized spacial score (nSPS) is 10.2. The third-order valence-electron chi connectivity index (χ3n) is 2.79. The molecule has 0 saturated heterocycles. The zero-order valence-corrected chi connectivity index (χ0v) is 11.6. The minimum Gasteiger partial charge on any atom is -0.489 e. The number of benzene rings is 1. The maximum Gasteiger partial charge on any atom is 0.122 e. The summed E-state index contributed by atoms with van der Waals surface area (Å²) >= 11 is 4.91. The Morgan fingerprint density at radius 1 is 1.26 bits per heavy atom. The third kappa shape index (κ3) is 3.76. The Kier molecular flexibility index (Phi) is 4.47. The SMILES string of the molecule is CCc1cccc(OCc2ccnc(C(N)=S)c2)c1. The first-order valence-electron chi connectivity index (χ1n) is 6.15. The van der Waals surface area contributed by atoms with Gasteiger partial charge in [0.05, 0.1) is 5.69 Å². The van der Waals surface area contributed by atoms with Crippen molar-refractivity contribution in [2.24, 2.45) is 5.73 Å². The summed E-state index contributed by atoms with van der Waals surface area (Å²) in [5, 5.41) is 0. The van der Waals surface area contributed by atoms with Crippen LogP contribution in [0.2, 0.25) is 0 Å². The van der Waals surface area contributed by atoms with Gasteiger partial charge in [0.25, 0.3) is 0 Å². The van der Waals surface area contributed by atoms with Crippen LogP contribution in [0.3, 0.4) is 0 Å². The lowest BCUT2D eigenvalue weighted by molar-refractivity contribution is 0.306. The summed E-state index contributed by atoms with van der Waals surface area (Å²) in [6.07, 6.45) is 2.69. The Morgan fingerprint density at radius 2 is 2.11 bits per heavy atom. The summed E-state index contributed by atoms with van der Waals surface area (Å²) in [4.78, 5) is 4.40. The predicted octanol–water partition coefficient (Wildman–Crippen LogP) is 2.86. The van der Waals surface area contributed by atoms with Crippen LogP contribution in [0.5, 0.6) is 5.75 Å². The molecular formula is C15H16N2OS. The monoisotopic (exact) mass is 272 g/mol. The van der Waals surface area contributed by atoms with E-state index in [0.29, 0.717) is 17.3 Å². The van der Waals surface area contributed by atoms with Gasteiger partial charge in [-0.15, -0.1) is 0 Å². The molecule has 0 aliphatic heterocycles. The second-order valence-electron chi connectivity index (χ2n) is 4.20. The van der Waals surface area contributed by atoms with Gasteiger partial charge in [0.15, 0.2) is 0 Å². The van der Waals surface area contributed by atoms with E-state index < -0.39 is 0 Å². The summed E-state index contributed by atoms with van der Waals surface area (Å²) in [7, 11) is 0. The standard InChI is InChI=1S/C15H16N2OS/c1-2-11-4-3-5-13(8-11)18-10-12-6-7-17-14(9-12)15(16)19/h3-9H,2,10H2,1H3,(H2,16,19). The van der Waals surface area contributed by atoms with Gasteiger partial charge in [-0.25, -0.2) is 0 Å². The Balaban J connectivity index is 2.05. The number of hydrogen-bond acceptors (Lipinski definition) is 3. The lowest BCUT2D eigenvalue weighted by atomic mass is 10.2. The van der Waals surface area contributed by atoms with Crippen molar-refractivity contribution in [3.05, 3.63) is 59.4 Å². The Bertz CT molecular complexity index is 584. The van der Waals surface area contributed by atoms with Crippen molar-refractivity contribution in [2.45, 2.75) is 20.0 Å². The molecule has 4 heteroatoms. The average molecular weight is 272 g/mol. The summed E-state index contributed by atoms with van der Waals surface area (Å²) in [6, 6.07) is 11.8. The lowest BCUT2D eigenvalue weighted by Gasteiger charge is -2.08. The van der Waals surface area contributed by atoms with E-state index in [-0.39, 0.29) is 0 Å². The van der Waals surface area contributed by atoms with Crippen LogP contribution in [0.1, 0.15) is 23.7 Å². The van der Waals surface area contributed by atoms with Gasteiger partial charge in [-0.3, -0.25) is 4.98 Å². The predicted molar refractivity (Wildman–Crippen MR) is 80.3 cm³/mol. The van der Waals surface area contributed by atoms with E-state index in [4.69, 9.17) is 22.7 Å². The van der Waals surface area contributed by atoms with Gasteiger partial charge in [0.2, 0.25) is 0 Å². The summed E-state index contributed by atoms with van der Waals surface area (Å²) < 4.78 is 5.76. The smallest absolute Gasteiger partial charge is 0.122 e. The summed E-state index contributed by atoms with van der Waals surface area (Å²) in [5.41, 5.74) is 8.44. The third-order valence-corrected chi connectivity index (χ3v) is 3.00. The van der Waals surface area contributed by atoms with Crippen LogP contribution in [0.4, 0.5) is 0 Å². The fourth-order valence-corrected chi connectivity index (χ4v) is 1.83. The van der Waals surface area contributed by atoms with Crippen molar-refractivity contribution in [3.63, 3.8) is 0 Å². The number of aryl methyl sites for hydroxylation is 1. The van der Waals surface area contributed by atoms with E-state index in [9.17, 15) is 0 Å². The molecular weight excluding hydrogens is 256 g/mol. The molecule has 0 atom stereocenters. The van der Waals surface area contributed by atoms with Gasteiger partial charge in [-0.2, -0.15) is 0 Å². The molecule has 2 aromatic rings. The number of pyridine rings is 1. The molecule has 0 spiro atoms. The zero-order valence-electron chi connectivity index (χ0n) is 10.8. The van der Waals surface area contributed by atoms with Crippen molar-refractivity contribution < 1.29 is 4.74 Å². The number of ether oxygens (including phenoxy) is 1. The fourth-order valence-electron chi connectivity index (χ4n) is 1.72. The van der Waals surface area contributed by atoms with Crippen molar-refractivity contribution in [1.82, 2.24) is 4.98 Å². The molecule has 0 aliphatic carbocycles. The quantitative estimate of drug-likeness (QED) is 0.850.